The second kappa shape index (κ2) is 2.28. The molecule has 2 heteroatoms. The maximum absolute atomic E-state index is 9.77. The predicted molar refractivity (Wildman–Crippen MR) is 61.3 cm³/mol. The van der Waals surface area contributed by atoms with Crippen LogP contribution in [0.5, 0.6) is 0 Å². The topological polar surface area (TPSA) is 33.0 Å². The zero-order valence-electron chi connectivity index (χ0n) is 9.52. The minimum absolute atomic E-state index is 0.187. The van der Waals surface area contributed by atoms with Crippen LogP contribution < -0.4 is 0 Å². The van der Waals surface area contributed by atoms with E-state index in [0.717, 1.165) is 13.2 Å². The van der Waals surface area contributed by atoms with Crippen molar-refractivity contribution in [3.8, 4) is 6.07 Å². The van der Waals surface area contributed by atoms with E-state index >= 15 is 0 Å². The second-order valence-corrected chi connectivity index (χ2v) is 6.08. The molecule has 1 aliphatic heterocycles. The van der Waals surface area contributed by atoms with Gasteiger partial charge in [0.25, 0.3) is 0 Å². The molecule has 0 bridgehead atoms. The van der Waals surface area contributed by atoms with Crippen molar-refractivity contribution >= 4 is 0 Å². The number of hydrogen-bond donors (Lipinski definition) is 0. The van der Waals surface area contributed by atoms with Crippen molar-refractivity contribution in [1.82, 2.24) is 0 Å². The first kappa shape index (κ1) is 8.72. The quantitative estimate of drug-likeness (QED) is 0.675. The Balaban J connectivity index is 1.85. The Morgan fingerprint density at radius 3 is 3.12 bits per heavy atom. The number of hydrogen-bond acceptors (Lipinski definition) is 2. The molecule has 3 aliphatic carbocycles. The largest absolute Gasteiger partial charge is 0.380 e. The molecule has 5 atom stereocenters. The van der Waals surface area contributed by atoms with Gasteiger partial charge in [0, 0.05) is 5.41 Å². The van der Waals surface area contributed by atoms with Crippen LogP contribution in [0.1, 0.15) is 23.5 Å². The molecule has 84 valence electrons. The zero-order chi connectivity index (χ0) is 11.3. The predicted octanol–water partition coefficient (Wildman–Crippen LogP) is 2.21. The Morgan fingerprint density at radius 2 is 2.24 bits per heavy atom. The number of fused-ring (bicyclic) bond motifs is 3. The van der Waals surface area contributed by atoms with Crippen molar-refractivity contribution in [2.75, 3.05) is 13.2 Å². The Labute approximate surface area is 100 Å². The van der Waals surface area contributed by atoms with Crippen molar-refractivity contribution in [3.05, 3.63) is 35.4 Å². The fourth-order valence-electron chi connectivity index (χ4n) is 5.52. The van der Waals surface area contributed by atoms with Crippen LogP contribution in [-0.2, 0) is 10.2 Å². The lowest BCUT2D eigenvalue weighted by Gasteiger charge is -2.18. The maximum atomic E-state index is 9.77. The molecule has 1 spiro atoms. The van der Waals surface area contributed by atoms with Crippen molar-refractivity contribution < 1.29 is 4.74 Å². The summed E-state index contributed by atoms with van der Waals surface area (Å²) in [6, 6.07) is 11.3. The monoisotopic (exact) mass is 223 g/mol. The lowest BCUT2D eigenvalue weighted by molar-refractivity contribution is 0.168. The SMILES string of the molecule is N#CC12c3ccccc3C3CC4COCC41C32. The number of rotatable bonds is 0. The van der Waals surface area contributed by atoms with Gasteiger partial charge in [0.2, 0.25) is 0 Å². The number of nitrogens with zero attached hydrogens (tertiary/aromatic N) is 1. The summed E-state index contributed by atoms with van der Waals surface area (Å²) in [7, 11) is 0. The van der Waals surface area contributed by atoms with Crippen LogP contribution in [0, 0.1) is 28.6 Å². The summed E-state index contributed by atoms with van der Waals surface area (Å²) in [4.78, 5) is 0. The van der Waals surface area contributed by atoms with Crippen molar-refractivity contribution in [2.45, 2.75) is 17.8 Å². The Morgan fingerprint density at radius 1 is 1.35 bits per heavy atom. The highest BCUT2D eigenvalue weighted by Gasteiger charge is 2.89. The zero-order valence-corrected chi connectivity index (χ0v) is 9.52. The third kappa shape index (κ3) is 0.600. The second-order valence-electron chi connectivity index (χ2n) is 6.08. The van der Waals surface area contributed by atoms with E-state index in [-0.39, 0.29) is 10.8 Å². The third-order valence-electron chi connectivity index (χ3n) is 5.96. The van der Waals surface area contributed by atoms with Gasteiger partial charge in [-0.15, -0.1) is 0 Å². The molecule has 0 amide bonds. The smallest absolute Gasteiger partial charge is 0.0950 e. The van der Waals surface area contributed by atoms with Gasteiger partial charge < -0.3 is 4.74 Å². The van der Waals surface area contributed by atoms with Gasteiger partial charge in [0.05, 0.1) is 24.7 Å². The molecule has 3 fully saturated rings. The standard InChI is InChI=1S/C15H13NO/c16-7-14-12-4-2-1-3-10(12)11-5-9-6-17-8-15(9,14)13(11)14/h1-4,9,11,13H,5-6,8H2. The van der Waals surface area contributed by atoms with Gasteiger partial charge in [-0.1, -0.05) is 24.3 Å². The third-order valence-corrected chi connectivity index (χ3v) is 5.96. The van der Waals surface area contributed by atoms with Gasteiger partial charge in [0.15, 0.2) is 0 Å². The Kier molecular flexibility index (Phi) is 1.17. The van der Waals surface area contributed by atoms with Gasteiger partial charge in [-0.25, -0.2) is 0 Å². The van der Waals surface area contributed by atoms with Gasteiger partial charge in [-0.2, -0.15) is 5.26 Å². The molecule has 0 aromatic heterocycles. The molecule has 2 saturated carbocycles. The van der Waals surface area contributed by atoms with E-state index in [9.17, 15) is 5.26 Å². The molecule has 1 aromatic rings. The lowest BCUT2D eigenvalue weighted by atomic mass is 9.81. The van der Waals surface area contributed by atoms with Gasteiger partial charge in [-0.3, -0.25) is 0 Å². The molecular weight excluding hydrogens is 210 g/mol. The summed E-state index contributed by atoms with van der Waals surface area (Å²) >= 11 is 0. The fraction of sp³-hybridized carbons (Fsp3) is 0.533. The number of nitriles is 1. The van der Waals surface area contributed by atoms with Gasteiger partial charge in [-0.05, 0) is 35.3 Å². The summed E-state index contributed by atoms with van der Waals surface area (Å²) in [5.74, 6) is 1.83. The summed E-state index contributed by atoms with van der Waals surface area (Å²) in [5.41, 5.74) is 2.79. The molecule has 17 heavy (non-hydrogen) atoms. The highest BCUT2D eigenvalue weighted by atomic mass is 16.5. The first-order valence-corrected chi connectivity index (χ1v) is 6.44. The van der Waals surface area contributed by atoms with E-state index in [1.165, 1.54) is 17.5 Å². The first-order chi connectivity index (χ1) is 8.36. The summed E-state index contributed by atoms with van der Waals surface area (Å²) < 4.78 is 5.70. The van der Waals surface area contributed by atoms with E-state index in [4.69, 9.17) is 4.74 Å². The van der Waals surface area contributed by atoms with Crippen molar-refractivity contribution in [1.29, 1.82) is 5.26 Å². The highest BCUT2D eigenvalue weighted by Crippen LogP contribution is 2.87. The minimum Gasteiger partial charge on any atom is -0.380 e. The van der Waals surface area contributed by atoms with E-state index in [1.807, 2.05) is 0 Å². The highest BCUT2D eigenvalue weighted by molar-refractivity contribution is 5.63. The molecule has 0 N–H and O–H groups in total. The van der Waals surface area contributed by atoms with Crippen LogP contribution >= 0.6 is 0 Å². The Bertz CT molecular complexity index is 589. The minimum atomic E-state index is -0.187. The molecule has 5 unspecified atom stereocenters. The lowest BCUT2D eigenvalue weighted by Crippen LogP contribution is -2.22. The molecule has 1 saturated heterocycles. The van der Waals surface area contributed by atoms with Crippen LogP contribution in [0.15, 0.2) is 24.3 Å². The Hall–Kier alpha value is -1.33. The first-order valence-electron chi connectivity index (χ1n) is 6.44. The maximum Gasteiger partial charge on any atom is 0.0950 e. The van der Waals surface area contributed by atoms with Crippen LogP contribution in [0.2, 0.25) is 0 Å². The van der Waals surface area contributed by atoms with Crippen molar-refractivity contribution in [2.24, 2.45) is 17.3 Å². The van der Waals surface area contributed by atoms with Crippen LogP contribution in [0.3, 0.4) is 0 Å². The van der Waals surface area contributed by atoms with Crippen molar-refractivity contribution in [3.63, 3.8) is 0 Å². The average molecular weight is 223 g/mol. The molecule has 1 aromatic carbocycles. The summed E-state index contributed by atoms with van der Waals surface area (Å²) in [6.45, 7) is 1.70. The molecule has 4 aliphatic rings. The van der Waals surface area contributed by atoms with Crippen LogP contribution in [0.25, 0.3) is 0 Å². The number of benzene rings is 1. The normalized spacial score (nSPS) is 51.6. The van der Waals surface area contributed by atoms with Gasteiger partial charge >= 0.3 is 0 Å². The summed E-state index contributed by atoms with van der Waals surface area (Å²) in [6.07, 6.45) is 1.24. The van der Waals surface area contributed by atoms with E-state index in [0.29, 0.717) is 17.8 Å². The summed E-state index contributed by atoms with van der Waals surface area (Å²) in [5, 5.41) is 9.77. The molecule has 5 rings (SSSR count). The average Bonchev–Trinajstić information content (AvgIpc) is 2.68. The molecule has 1 heterocycles. The molecule has 2 nitrogen and oxygen atoms in total. The van der Waals surface area contributed by atoms with Gasteiger partial charge in [0.1, 0.15) is 0 Å². The van der Waals surface area contributed by atoms with Crippen LogP contribution in [-0.4, -0.2) is 13.2 Å². The van der Waals surface area contributed by atoms with Crippen LogP contribution in [0.4, 0.5) is 0 Å². The van der Waals surface area contributed by atoms with E-state index in [1.54, 1.807) is 0 Å². The fourth-order valence-corrected chi connectivity index (χ4v) is 5.52. The van der Waals surface area contributed by atoms with E-state index in [2.05, 4.69) is 30.3 Å². The number of ether oxygens (including phenoxy) is 1. The molecule has 0 radical (unpaired) electrons. The van der Waals surface area contributed by atoms with E-state index < -0.39 is 0 Å². The molecular formula is C15H13NO.